The lowest BCUT2D eigenvalue weighted by molar-refractivity contribution is -0.121. The van der Waals surface area contributed by atoms with Crippen LogP contribution < -0.4 is 5.32 Å². The third-order valence-electron chi connectivity index (χ3n) is 4.56. The van der Waals surface area contributed by atoms with Gasteiger partial charge in [0.1, 0.15) is 17.3 Å². The van der Waals surface area contributed by atoms with E-state index in [2.05, 4.69) is 5.32 Å². The summed E-state index contributed by atoms with van der Waals surface area (Å²) in [5.41, 5.74) is -0.552. The topological polar surface area (TPSA) is 66.5 Å². The number of halogens is 4. The Morgan fingerprint density at radius 2 is 1.54 bits per heavy atom. The molecule has 0 radical (unpaired) electrons. The van der Waals surface area contributed by atoms with E-state index in [0.717, 1.165) is 28.6 Å². The van der Waals surface area contributed by atoms with Gasteiger partial charge in [0, 0.05) is 19.0 Å². The molecule has 0 aromatic heterocycles. The average Bonchev–Trinajstić information content (AvgIpc) is 2.67. The Hall–Kier alpha value is -2.46. The highest BCUT2D eigenvalue weighted by molar-refractivity contribution is 7.89. The number of para-hydroxylation sites is 1. The normalized spacial score (nSPS) is 16.1. The number of nitrogens with zero attached hydrogens (tertiary/aromatic N) is 1. The number of anilines is 1. The number of carbonyl (C=O) groups excluding carboxylic acids is 1. The maximum atomic E-state index is 13.6. The van der Waals surface area contributed by atoms with Gasteiger partial charge in [-0.15, -0.1) is 0 Å². The van der Waals surface area contributed by atoms with E-state index in [1.54, 1.807) is 0 Å². The van der Waals surface area contributed by atoms with Crippen molar-refractivity contribution >= 4 is 21.6 Å². The monoisotopic (exact) mass is 416 g/mol. The zero-order valence-corrected chi connectivity index (χ0v) is 15.3. The molecule has 0 aliphatic carbocycles. The maximum Gasteiger partial charge on any atom is 0.243 e. The van der Waals surface area contributed by atoms with Crippen LogP contribution >= 0.6 is 0 Å². The summed E-state index contributed by atoms with van der Waals surface area (Å²) in [5.74, 6) is -5.51. The molecule has 1 fully saturated rings. The van der Waals surface area contributed by atoms with Crippen molar-refractivity contribution in [3.63, 3.8) is 0 Å². The standard InChI is InChI=1S/C18H16F4N2O3S/c19-13-5-4-12(10-16(13)22)28(26,27)24-8-6-11(7-9-24)18(25)23-17-14(20)2-1-3-15(17)21/h1-5,10-11H,6-9H2,(H,23,25). The van der Waals surface area contributed by atoms with Gasteiger partial charge in [-0.25, -0.2) is 26.0 Å². The van der Waals surface area contributed by atoms with Gasteiger partial charge >= 0.3 is 0 Å². The first-order valence-electron chi connectivity index (χ1n) is 8.40. The van der Waals surface area contributed by atoms with E-state index < -0.39 is 50.8 Å². The Balaban J connectivity index is 1.66. The zero-order valence-electron chi connectivity index (χ0n) is 14.5. The van der Waals surface area contributed by atoms with Gasteiger partial charge in [-0.1, -0.05) is 6.07 Å². The van der Waals surface area contributed by atoms with Crippen LogP contribution in [0.1, 0.15) is 12.8 Å². The first-order chi connectivity index (χ1) is 13.2. The second kappa shape index (κ2) is 7.88. The van der Waals surface area contributed by atoms with Gasteiger partial charge in [0.05, 0.1) is 4.90 Å². The molecular weight excluding hydrogens is 400 g/mol. The lowest BCUT2D eigenvalue weighted by Crippen LogP contribution is -2.41. The van der Waals surface area contributed by atoms with Crippen molar-refractivity contribution in [1.29, 1.82) is 0 Å². The van der Waals surface area contributed by atoms with Crippen LogP contribution in [0.15, 0.2) is 41.3 Å². The molecule has 5 nitrogen and oxygen atoms in total. The van der Waals surface area contributed by atoms with Gasteiger partial charge in [0.15, 0.2) is 11.6 Å². The lowest BCUT2D eigenvalue weighted by atomic mass is 9.97. The molecule has 0 spiro atoms. The first kappa shape index (κ1) is 20.3. The predicted molar refractivity (Wildman–Crippen MR) is 92.8 cm³/mol. The number of piperidine rings is 1. The molecule has 3 rings (SSSR count). The molecule has 1 heterocycles. The molecule has 1 amide bonds. The fourth-order valence-electron chi connectivity index (χ4n) is 2.99. The molecule has 2 aromatic rings. The second-order valence-corrected chi connectivity index (χ2v) is 8.28. The van der Waals surface area contributed by atoms with Crippen LogP contribution in [0.3, 0.4) is 0 Å². The van der Waals surface area contributed by atoms with Crippen molar-refractivity contribution in [1.82, 2.24) is 4.31 Å². The summed E-state index contributed by atoms with van der Waals surface area (Å²) in [6.07, 6.45) is 0.232. The molecule has 10 heteroatoms. The second-order valence-electron chi connectivity index (χ2n) is 6.34. The van der Waals surface area contributed by atoms with Crippen molar-refractivity contribution < 1.29 is 30.8 Å². The highest BCUT2D eigenvalue weighted by Crippen LogP contribution is 2.26. The van der Waals surface area contributed by atoms with Crippen LogP contribution in [0.2, 0.25) is 0 Å². The number of sulfonamides is 1. The van der Waals surface area contributed by atoms with Gasteiger partial charge in [-0.05, 0) is 43.2 Å². The minimum atomic E-state index is -4.05. The molecular formula is C18H16F4N2O3S. The molecule has 0 bridgehead atoms. The Labute approximate surface area is 159 Å². The van der Waals surface area contributed by atoms with Gasteiger partial charge in [0.2, 0.25) is 15.9 Å². The Morgan fingerprint density at radius 1 is 0.929 bits per heavy atom. The summed E-state index contributed by atoms with van der Waals surface area (Å²) < 4.78 is 79.8. The number of carbonyl (C=O) groups is 1. The molecule has 0 atom stereocenters. The van der Waals surface area contributed by atoms with Gasteiger partial charge in [0.25, 0.3) is 0 Å². The maximum absolute atomic E-state index is 13.6. The van der Waals surface area contributed by atoms with E-state index in [0.29, 0.717) is 6.07 Å². The molecule has 1 aliphatic heterocycles. The van der Waals surface area contributed by atoms with E-state index in [1.165, 1.54) is 6.07 Å². The molecule has 1 N–H and O–H groups in total. The third kappa shape index (κ3) is 4.02. The summed E-state index contributed by atoms with van der Waals surface area (Å²) in [6, 6.07) is 5.48. The summed E-state index contributed by atoms with van der Waals surface area (Å²) in [6.45, 7) is -0.0850. The minimum Gasteiger partial charge on any atom is -0.321 e. The fourth-order valence-corrected chi connectivity index (χ4v) is 4.47. The van der Waals surface area contributed by atoms with Crippen LogP contribution in [-0.2, 0) is 14.8 Å². The Kier molecular flexibility index (Phi) is 5.71. The van der Waals surface area contributed by atoms with Crippen LogP contribution in [0.4, 0.5) is 23.2 Å². The van der Waals surface area contributed by atoms with Gasteiger partial charge in [-0.3, -0.25) is 4.79 Å². The van der Waals surface area contributed by atoms with E-state index in [-0.39, 0.29) is 30.8 Å². The van der Waals surface area contributed by atoms with Crippen molar-refractivity contribution in [2.45, 2.75) is 17.7 Å². The molecule has 2 aromatic carbocycles. The molecule has 1 aliphatic rings. The van der Waals surface area contributed by atoms with Crippen molar-refractivity contribution in [3.8, 4) is 0 Å². The van der Waals surface area contributed by atoms with Crippen molar-refractivity contribution in [2.24, 2.45) is 5.92 Å². The smallest absolute Gasteiger partial charge is 0.243 e. The van der Waals surface area contributed by atoms with Crippen LogP contribution in [0.5, 0.6) is 0 Å². The SMILES string of the molecule is O=C(Nc1c(F)cccc1F)C1CCN(S(=O)(=O)c2ccc(F)c(F)c2)CC1. The van der Waals surface area contributed by atoms with Crippen molar-refractivity contribution in [2.75, 3.05) is 18.4 Å². The molecule has 28 heavy (non-hydrogen) atoms. The lowest BCUT2D eigenvalue weighted by Gasteiger charge is -2.30. The number of rotatable bonds is 4. The first-order valence-corrected chi connectivity index (χ1v) is 9.84. The van der Waals surface area contributed by atoms with E-state index in [9.17, 15) is 30.8 Å². The van der Waals surface area contributed by atoms with E-state index in [4.69, 9.17) is 0 Å². The van der Waals surface area contributed by atoms with E-state index in [1.807, 2.05) is 0 Å². The molecule has 0 saturated carbocycles. The van der Waals surface area contributed by atoms with E-state index >= 15 is 0 Å². The highest BCUT2D eigenvalue weighted by atomic mass is 32.2. The fraction of sp³-hybridized carbons (Fsp3) is 0.278. The van der Waals surface area contributed by atoms with Crippen LogP contribution in [-0.4, -0.2) is 31.7 Å². The number of benzene rings is 2. The molecule has 0 unspecified atom stereocenters. The molecule has 1 saturated heterocycles. The predicted octanol–water partition coefficient (Wildman–Crippen LogP) is 3.28. The largest absolute Gasteiger partial charge is 0.321 e. The Bertz CT molecular complexity index is 986. The average molecular weight is 416 g/mol. The quantitative estimate of drug-likeness (QED) is 0.778. The number of nitrogens with one attached hydrogen (secondary N) is 1. The van der Waals surface area contributed by atoms with Crippen LogP contribution in [0, 0.1) is 29.2 Å². The van der Waals surface area contributed by atoms with Crippen LogP contribution in [0.25, 0.3) is 0 Å². The summed E-state index contributed by atoms with van der Waals surface area (Å²) >= 11 is 0. The summed E-state index contributed by atoms with van der Waals surface area (Å²) in [7, 11) is -4.05. The number of amides is 1. The zero-order chi connectivity index (χ0) is 20.5. The number of hydrogen-bond donors (Lipinski definition) is 1. The molecule has 150 valence electrons. The third-order valence-corrected chi connectivity index (χ3v) is 6.46. The van der Waals surface area contributed by atoms with Gasteiger partial charge < -0.3 is 5.32 Å². The summed E-state index contributed by atoms with van der Waals surface area (Å²) in [5, 5.41) is 2.20. The van der Waals surface area contributed by atoms with Gasteiger partial charge in [-0.2, -0.15) is 4.31 Å². The minimum absolute atomic E-state index is 0.0425. The van der Waals surface area contributed by atoms with Crippen molar-refractivity contribution in [3.05, 3.63) is 59.7 Å². The Morgan fingerprint density at radius 3 is 2.11 bits per heavy atom. The summed E-state index contributed by atoms with van der Waals surface area (Å²) in [4.78, 5) is 11.9. The number of hydrogen-bond acceptors (Lipinski definition) is 3. The highest BCUT2D eigenvalue weighted by Gasteiger charge is 2.33.